The van der Waals surface area contributed by atoms with Crippen LogP contribution in [-0.2, 0) is 4.79 Å². The van der Waals surface area contributed by atoms with Gasteiger partial charge in [-0.1, -0.05) is 20.8 Å². The fraction of sp³-hybridized carbons (Fsp3) is 0.933. The molecule has 106 valence electrons. The lowest BCUT2D eigenvalue weighted by molar-refractivity contribution is -0.140. The van der Waals surface area contributed by atoms with Gasteiger partial charge in [-0.3, -0.25) is 4.79 Å². The lowest BCUT2D eigenvalue weighted by atomic mass is 9.77. The first-order chi connectivity index (χ1) is 8.32. The summed E-state index contributed by atoms with van der Waals surface area (Å²) in [7, 11) is 0. The maximum atomic E-state index is 12.7. The summed E-state index contributed by atoms with van der Waals surface area (Å²) in [5.74, 6) is 1.45. The Morgan fingerprint density at radius 2 is 1.89 bits per heavy atom. The van der Waals surface area contributed by atoms with Crippen LogP contribution in [-0.4, -0.2) is 29.4 Å². The Morgan fingerprint density at radius 3 is 2.39 bits per heavy atom. The molecule has 3 atom stereocenters. The predicted molar refractivity (Wildman–Crippen MR) is 76.2 cm³/mol. The van der Waals surface area contributed by atoms with Crippen molar-refractivity contribution in [1.82, 2.24) is 4.90 Å². The van der Waals surface area contributed by atoms with Crippen LogP contribution in [0.3, 0.4) is 0 Å². The molecule has 3 nitrogen and oxygen atoms in total. The van der Waals surface area contributed by atoms with Crippen molar-refractivity contribution in [3.63, 3.8) is 0 Å². The van der Waals surface area contributed by atoms with Gasteiger partial charge in [-0.15, -0.1) is 0 Å². The standard InChI is InChI=1S/C15H30N2O/c1-10(2)9-17(11(3)4)15(18)14-8-13(16)7-6-12(14)5/h10-14H,6-9,16H2,1-5H3. The molecule has 1 fully saturated rings. The lowest BCUT2D eigenvalue weighted by Gasteiger charge is -2.37. The van der Waals surface area contributed by atoms with Gasteiger partial charge in [-0.25, -0.2) is 0 Å². The number of carbonyl (C=O) groups is 1. The summed E-state index contributed by atoms with van der Waals surface area (Å²) < 4.78 is 0. The normalized spacial score (nSPS) is 28.8. The third-order valence-electron chi connectivity index (χ3n) is 4.02. The van der Waals surface area contributed by atoms with Crippen molar-refractivity contribution in [2.75, 3.05) is 6.54 Å². The molecule has 0 bridgehead atoms. The maximum absolute atomic E-state index is 12.7. The Hall–Kier alpha value is -0.570. The van der Waals surface area contributed by atoms with Gasteiger partial charge >= 0.3 is 0 Å². The largest absolute Gasteiger partial charge is 0.340 e. The minimum Gasteiger partial charge on any atom is -0.340 e. The molecule has 0 heterocycles. The van der Waals surface area contributed by atoms with Crippen LogP contribution < -0.4 is 5.73 Å². The minimum atomic E-state index is 0.134. The van der Waals surface area contributed by atoms with Crippen LogP contribution in [0.5, 0.6) is 0 Å². The van der Waals surface area contributed by atoms with Crippen LogP contribution in [0.15, 0.2) is 0 Å². The first-order valence-corrected chi connectivity index (χ1v) is 7.39. The number of carbonyl (C=O) groups excluding carboxylic acids is 1. The van der Waals surface area contributed by atoms with E-state index < -0.39 is 0 Å². The molecule has 3 heteroatoms. The third kappa shape index (κ3) is 3.98. The second kappa shape index (κ2) is 6.55. The molecule has 0 aromatic heterocycles. The van der Waals surface area contributed by atoms with Crippen molar-refractivity contribution >= 4 is 5.91 Å². The van der Waals surface area contributed by atoms with Gasteiger partial charge in [0.05, 0.1) is 0 Å². The van der Waals surface area contributed by atoms with Crippen molar-refractivity contribution in [2.24, 2.45) is 23.5 Å². The zero-order valence-electron chi connectivity index (χ0n) is 12.6. The fourth-order valence-corrected chi connectivity index (χ4v) is 2.86. The molecule has 0 spiro atoms. The zero-order chi connectivity index (χ0) is 13.9. The van der Waals surface area contributed by atoms with E-state index >= 15 is 0 Å². The Bertz CT molecular complexity index is 270. The van der Waals surface area contributed by atoms with E-state index in [1.807, 2.05) is 4.90 Å². The van der Waals surface area contributed by atoms with Crippen LogP contribution in [0, 0.1) is 17.8 Å². The zero-order valence-corrected chi connectivity index (χ0v) is 12.6. The van der Waals surface area contributed by atoms with Crippen LogP contribution in [0.4, 0.5) is 0 Å². The number of nitrogens with two attached hydrogens (primary N) is 1. The van der Waals surface area contributed by atoms with Gasteiger partial charge in [0.1, 0.15) is 0 Å². The Labute approximate surface area is 112 Å². The van der Waals surface area contributed by atoms with Crippen molar-refractivity contribution in [3.8, 4) is 0 Å². The van der Waals surface area contributed by atoms with Gasteiger partial charge in [0.25, 0.3) is 0 Å². The fourth-order valence-electron chi connectivity index (χ4n) is 2.86. The average Bonchev–Trinajstić information content (AvgIpc) is 2.27. The van der Waals surface area contributed by atoms with Crippen LogP contribution in [0.25, 0.3) is 0 Å². The Balaban J connectivity index is 2.74. The monoisotopic (exact) mass is 254 g/mol. The second-order valence-corrected chi connectivity index (χ2v) is 6.64. The molecule has 0 aliphatic heterocycles. The summed E-state index contributed by atoms with van der Waals surface area (Å²) in [5, 5.41) is 0. The quantitative estimate of drug-likeness (QED) is 0.838. The highest BCUT2D eigenvalue weighted by Crippen LogP contribution is 2.31. The molecule has 0 radical (unpaired) electrons. The van der Waals surface area contributed by atoms with Crippen molar-refractivity contribution in [2.45, 2.75) is 66.0 Å². The van der Waals surface area contributed by atoms with E-state index in [0.29, 0.717) is 17.7 Å². The molecule has 1 aliphatic carbocycles. The molecule has 0 aromatic rings. The van der Waals surface area contributed by atoms with Gasteiger partial charge < -0.3 is 10.6 Å². The first-order valence-electron chi connectivity index (χ1n) is 7.39. The van der Waals surface area contributed by atoms with E-state index in [0.717, 1.165) is 25.8 Å². The number of amides is 1. The SMILES string of the molecule is CC(C)CN(C(=O)C1CC(N)CCC1C)C(C)C. The van der Waals surface area contributed by atoms with E-state index in [1.165, 1.54) is 0 Å². The predicted octanol–water partition coefficient (Wildman–Crippen LogP) is 2.64. The molecule has 0 saturated heterocycles. The number of hydrogen-bond donors (Lipinski definition) is 1. The second-order valence-electron chi connectivity index (χ2n) is 6.64. The molecule has 18 heavy (non-hydrogen) atoms. The van der Waals surface area contributed by atoms with Gasteiger partial charge in [0.15, 0.2) is 0 Å². The molecule has 1 amide bonds. The van der Waals surface area contributed by atoms with Crippen molar-refractivity contribution in [1.29, 1.82) is 0 Å². The highest BCUT2D eigenvalue weighted by Gasteiger charge is 2.34. The number of rotatable bonds is 4. The van der Waals surface area contributed by atoms with E-state index in [-0.39, 0.29) is 18.0 Å². The highest BCUT2D eigenvalue weighted by atomic mass is 16.2. The van der Waals surface area contributed by atoms with E-state index in [2.05, 4.69) is 34.6 Å². The average molecular weight is 254 g/mol. The first kappa shape index (κ1) is 15.5. The molecule has 0 aromatic carbocycles. The topological polar surface area (TPSA) is 46.3 Å². The molecular weight excluding hydrogens is 224 g/mol. The lowest BCUT2D eigenvalue weighted by Crippen LogP contribution is -2.47. The molecule has 1 saturated carbocycles. The van der Waals surface area contributed by atoms with Gasteiger partial charge in [-0.2, -0.15) is 0 Å². The van der Waals surface area contributed by atoms with Crippen LogP contribution in [0.1, 0.15) is 53.9 Å². The van der Waals surface area contributed by atoms with Gasteiger partial charge in [0.2, 0.25) is 5.91 Å². The van der Waals surface area contributed by atoms with E-state index in [9.17, 15) is 4.79 Å². The number of nitrogens with zero attached hydrogens (tertiary/aromatic N) is 1. The molecular formula is C15H30N2O. The van der Waals surface area contributed by atoms with Gasteiger partial charge in [0, 0.05) is 24.5 Å². The Morgan fingerprint density at radius 1 is 1.28 bits per heavy atom. The van der Waals surface area contributed by atoms with Crippen molar-refractivity contribution in [3.05, 3.63) is 0 Å². The van der Waals surface area contributed by atoms with E-state index in [4.69, 9.17) is 5.73 Å². The minimum absolute atomic E-state index is 0.134. The molecule has 3 unspecified atom stereocenters. The summed E-state index contributed by atoms with van der Waals surface area (Å²) in [5.41, 5.74) is 6.03. The number of hydrogen-bond acceptors (Lipinski definition) is 2. The molecule has 1 rings (SSSR count). The molecule has 2 N–H and O–H groups in total. The maximum Gasteiger partial charge on any atom is 0.226 e. The summed E-state index contributed by atoms with van der Waals surface area (Å²) in [4.78, 5) is 14.7. The van der Waals surface area contributed by atoms with E-state index in [1.54, 1.807) is 0 Å². The van der Waals surface area contributed by atoms with Crippen molar-refractivity contribution < 1.29 is 4.79 Å². The highest BCUT2D eigenvalue weighted by molar-refractivity contribution is 5.79. The summed E-state index contributed by atoms with van der Waals surface area (Å²) in [6.07, 6.45) is 3.02. The van der Waals surface area contributed by atoms with Crippen LogP contribution in [0.2, 0.25) is 0 Å². The van der Waals surface area contributed by atoms with Crippen LogP contribution >= 0.6 is 0 Å². The smallest absolute Gasteiger partial charge is 0.226 e. The van der Waals surface area contributed by atoms with Gasteiger partial charge in [-0.05, 0) is 44.9 Å². The summed E-state index contributed by atoms with van der Waals surface area (Å²) in [6, 6.07) is 0.494. The summed E-state index contributed by atoms with van der Waals surface area (Å²) >= 11 is 0. The summed E-state index contributed by atoms with van der Waals surface area (Å²) in [6.45, 7) is 11.6. The molecule has 1 aliphatic rings. The Kier molecular flexibility index (Phi) is 5.64. The third-order valence-corrected chi connectivity index (χ3v) is 4.02.